The first kappa shape index (κ1) is 18.4. The molecule has 3 aliphatic rings. The Morgan fingerprint density at radius 1 is 1.30 bits per heavy atom. The smallest absolute Gasteiger partial charge is 0.261 e. The van der Waals surface area contributed by atoms with Crippen LogP contribution in [0.15, 0.2) is 17.5 Å². The molecule has 3 amide bonds. The first-order valence-electron chi connectivity index (χ1n) is 9.77. The second-order valence-electron chi connectivity index (χ2n) is 7.62. The van der Waals surface area contributed by atoms with E-state index in [4.69, 9.17) is 0 Å². The van der Waals surface area contributed by atoms with Gasteiger partial charge in [-0.25, -0.2) is 0 Å². The summed E-state index contributed by atoms with van der Waals surface area (Å²) in [4.78, 5) is 41.8. The number of piperazine rings is 1. The second-order valence-corrected chi connectivity index (χ2v) is 8.57. The Kier molecular flexibility index (Phi) is 5.45. The lowest BCUT2D eigenvalue weighted by Gasteiger charge is -2.37. The number of carbonyl (C=O) groups excluding carboxylic acids is 3. The summed E-state index contributed by atoms with van der Waals surface area (Å²) < 4.78 is 0. The molecule has 3 atom stereocenters. The number of hydrogen-bond donors (Lipinski definition) is 2. The number of nitrogens with zero attached hydrogens (tertiary/aromatic N) is 2. The molecule has 3 fully saturated rings. The second kappa shape index (κ2) is 7.98. The summed E-state index contributed by atoms with van der Waals surface area (Å²) in [6.45, 7) is 3.00. The van der Waals surface area contributed by atoms with Gasteiger partial charge in [0.2, 0.25) is 11.8 Å². The van der Waals surface area contributed by atoms with Gasteiger partial charge in [0.15, 0.2) is 0 Å². The number of hydrogen-bond acceptors (Lipinski definition) is 5. The van der Waals surface area contributed by atoms with Gasteiger partial charge in [-0.1, -0.05) is 6.07 Å². The molecule has 0 spiro atoms. The van der Waals surface area contributed by atoms with Crippen LogP contribution < -0.4 is 10.6 Å². The first-order chi connectivity index (χ1) is 13.1. The molecule has 0 radical (unpaired) electrons. The minimum Gasteiger partial charge on any atom is -0.353 e. The monoisotopic (exact) mass is 390 g/mol. The van der Waals surface area contributed by atoms with Crippen molar-refractivity contribution in [2.45, 2.75) is 50.2 Å². The van der Waals surface area contributed by atoms with Gasteiger partial charge in [-0.2, -0.15) is 0 Å². The first-order valence-corrected chi connectivity index (χ1v) is 10.7. The zero-order valence-electron chi connectivity index (χ0n) is 15.4. The maximum Gasteiger partial charge on any atom is 0.261 e. The Morgan fingerprint density at radius 3 is 2.85 bits per heavy atom. The summed E-state index contributed by atoms with van der Waals surface area (Å²) >= 11 is 1.42. The topological polar surface area (TPSA) is 81.8 Å². The maximum absolute atomic E-state index is 12.3. The third kappa shape index (κ3) is 4.01. The van der Waals surface area contributed by atoms with Gasteiger partial charge in [-0.3, -0.25) is 19.3 Å². The fourth-order valence-electron chi connectivity index (χ4n) is 4.43. The number of carbonyl (C=O) groups is 3. The average Bonchev–Trinajstić information content (AvgIpc) is 3.40. The van der Waals surface area contributed by atoms with Crippen LogP contribution in [0.4, 0.5) is 0 Å². The average molecular weight is 391 g/mol. The van der Waals surface area contributed by atoms with Crippen LogP contribution in [0, 0.1) is 0 Å². The van der Waals surface area contributed by atoms with Gasteiger partial charge in [0, 0.05) is 44.7 Å². The molecule has 0 aromatic carbocycles. The summed E-state index contributed by atoms with van der Waals surface area (Å²) in [6, 6.07) is 3.58. The predicted octanol–water partition coefficient (Wildman–Crippen LogP) is 0.822. The van der Waals surface area contributed by atoms with E-state index in [-0.39, 0.29) is 35.8 Å². The number of amides is 3. The molecule has 2 N–H and O–H groups in total. The maximum atomic E-state index is 12.3. The van der Waals surface area contributed by atoms with Gasteiger partial charge in [0.05, 0.1) is 10.9 Å². The van der Waals surface area contributed by atoms with Gasteiger partial charge in [0.25, 0.3) is 5.91 Å². The summed E-state index contributed by atoms with van der Waals surface area (Å²) in [6.07, 6.45) is 4.10. The summed E-state index contributed by atoms with van der Waals surface area (Å²) in [7, 11) is 0. The van der Waals surface area contributed by atoms with E-state index in [0.29, 0.717) is 30.8 Å². The summed E-state index contributed by atoms with van der Waals surface area (Å²) in [5, 5.41) is 7.93. The Hall–Kier alpha value is -1.93. The van der Waals surface area contributed by atoms with Crippen LogP contribution in [0.5, 0.6) is 0 Å². The van der Waals surface area contributed by atoms with E-state index < -0.39 is 0 Å². The van der Waals surface area contributed by atoms with Crippen LogP contribution in [0.25, 0.3) is 0 Å². The van der Waals surface area contributed by atoms with Crippen molar-refractivity contribution in [1.82, 2.24) is 20.4 Å². The third-order valence-electron chi connectivity index (χ3n) is 5.85. The lowest BCUT2D eigenvalue weighted by Crippen LogP contribution is -2.58. The number of fused-ring (bicyclic) bond motifs is 1. The van der Waals surface area contributed by atoms with Crippen LogP contribution >= 0.6 is 11.3 Å². The summed E-state index contributed by atoms with van der Waals surface area (Å²) in [5.41, 5.74) is 0. The molecule has 1 aromatic heterocycles. The van der Waals surface area contributed by atoms with E-state index >= 15 is 0 Å². The molecule has 3 unspecified atom stereocenters. The van der Waals surface area contributed by atoms with Crippen molar-refractivity contribution >= 4 is 29.1 Å². The van der Waals surface area contributed by atoms with Crippen LogP contribution in [-0.4, -0.2) is 71.8 Å². The van der Waals surface area contributed by atoms with E-state index in [1.54, 1.807) is 0 Å². The fourth-order valence-corrected chi connectivity index (χ4v) is 5.05. The minimum atomic E-state index is -0.209. The van der Waals surface area contributed by atoms with Crippen molar-refractivity contribution in [3.63, 3.8) is 0 Å². The van der Waals surface area contributed by atoms with Crippen LogP contribution in [-0.2, 0) is 9.59 Å². The molecule has 1 aromatic rings. The van der Waals surface area contributed by atoms with Crippen LogP contribution in [0.3, 0.4) is 0 Å². The highest BCUT2D eigenvalue weighted by Crippen LogP contribution is 2.26. The molecular formula is C19H26N4O3S. The van der Waals surface area contributed by atoms with Gasteiger partial charge in [-0.05, 0) is 37.1 Å². The van der Waals surface area contributed by atoms with Crippen molar-refractivity contribution in [2.75, 3.05) is 26.2 Å². The number of nitrogens with one attached hydrogen (secondary N) is 2. The Morgan fingerprint density at radius 2 is 2.11 bits per heavy atom. The van der Waals surface area contributed by atoms with Gasteiger partial charge in [0.1, 0.15) is 0 Å². The van der Waals surface area contributed by atoms with E-state index in [1.807, 2.05) is 22.4 Å². The normalized spacial score (nSPS) is 28.1. The van der Waals surface area contributed by atoms with Crippen LogP contribution in [0.2, 0.25) is 0 Å². The lowest BCUT2D eigenvalue weighted by molar-refractivity contribution is -0.131. The van der Waals surface area contributed by atoms with Gasteiger partial charge >= 0.3 is 0 Å². The van der Waals surface area contributed by atoms with Crippen molar-refractivity contribution < 1.29 is 14.4 Å². The van der Waals surface area contributed by atoms with Crippen molar-refractivity contribution in [3.05, 3.63) is 22.4 Å². The Balaban J connectivity index is 1.34. The quantitative estimate of drug-likeness (QED) is 0.780. The van der Waals surface area contributed by atoms with Crippen molar-refractivity contribution in [1.29, 1.82) is 0 Å². The molecule has 8 heteroatoms. The highest BCUT2D eigenvalue weighted by atomic mass is 32.1. The zero-order chi connectivity index (χ0) is 18.8. The zero-order valence-corrected chi connectivity index (χ0v) is 16.2. The Bertz CT molecular complexity index is 702. The molecule has 0 saturated carbocycles. The largest absolute Gasteiger partial charge is 0.353 e. The molecule has 146 valence electrons. The van der Waals surface area contributed by atoms with Gasteiger partial charge < -0.3 is 15.5 Å². The highest BCUT2D eigenvalue weighted by Gasteiger charge is 2.43. The van der Waals surface area contributed by atoms with Crippen molar-refractivity contribution in [3.8, 4) is 0 Å². The van der Waals surface area contributed by atoms with E-state index in [1.165, 1.54) is 11.3 Å². The van der Waals surface area contributed by atoms with E-state index in [2.05, 4.69) is 15.5 Å². The molecule has 27 heavy (non-hydrogen) atoms. The fraction of sp³-hybridized carbons (Fsp3) is 0.632. The van der Waals surface area contributed by atoms with E-state index in [0.717, 1.165) is 32.4 Å². The molecule has 0 bridgehead atoms. The molecule has 7 nitrogen and oxygen atoms in total. The van der Waals surface area contributed by atoms with Gasteiger partial charge in [-0.15, -0.1) is 11.3 Å². The standard InChI is InChI=1S/C19H26N4O3S/c24-17(22-7-1-2-8-22)6-5-14-11-20-18(25)15-10-13(12-23(14)15)21-19(26)16-4-3-9-27-16/h3-4,9,13-15H,1-2,5-8,10-12H2,(H,20,25)(H,21,26). The SMILES string of the molecule is O=C(NC1CC2C(=O)NCC(CCC(=O)N3CCCC3)N2C1)c1cccs1. The van der Waals surface area contributed by atoms with E-state index in [9.17, 15) is 14.4 Å². The molecule has 4 heterocycles. The summed E-state index contributed by atoms with van der Waals surface area (Å²) in [5.74, 6) is 0.184. The third-order valence-corrected chi connectivity index (χ3v) is 6.72. The molecule has 0 aliphatic carbocycles. The molecular weight excluding hydrogens is 364 g/mol. The Labute approximate surface area is 163 Å². The highest BCUT2D eigenvalue weighted by molar-refractivity contribution is 7.12. The minimum absolute atomic E-state index is 0.0324. The predicted molar refractivity (Wildman–Crippen MR) is 103 cm³/mol. The number of rotatable bonds is 5. The number of thiophene rings is 1. The molecule has 3 saturated heterocycles. The molecule has 4 rings (SSSR count). The van der Waals surface area contributed by atoms with Crippen molar-refractivity contribution in [2.24, 2.45) is 0 Å². The van der Waals surface area contributed by atoms with Crippen LogP contribution in [0.1, 0.15) is 41.8 Å². The molecule has 3 aliphatic heterocycles. The number of likely N-dealkylation sites (tertiary alicyclic amines) is 1. The lowest BCUT2D eigenvalue weighted by atomic mass is 10.0.